The number of hydrogen-bond acceptors (Lipinski definition) is 6. The molecule has 0 spiro atoms. The second kappa shape index (κ2) is 8.82. The van der Waals surface area contributed by atoms with E-state index in [2.05, 4.69) is 59.0 Å². The number of imide groups is 1. The second-order valence-electron chi connectivity index (χ2n) is 11.1. The molecule has 0 unspecified atom stereocenters. The number of benzene rings is 1. The van der Waals surface area contributed by atoms with Crippen molar-refractivity contribution in [2.24, 2.45) is 0 Å². The Morgan fingerprint density at radius 1 is 1.03 bits per heavy atom. The fourth-order valence-electron chi connectivity index (χ4n) is 3.98. The van der Waals surface area contributed by atoms with Crippen LogP contribution in [0.5, 0.6) is 5.75 Å². The molecule has 1 aromatic carbocycles. The van der Waals surface area contributed by atoms with Gasteiger partial charge in [-0.15, -0.1) is 0 Å². The average Bonchev–Trinajstić information content (AvgIpc) is 3.05. The third-order valence-corrected chi connectivity index (χ3v) is 6.72. The highest BCUT2D eigenvalue weighted by atomic mass is 32.2. The van der Waals surface area contributed by atoms with Crippen molar-refractivity contribution in [3.05, 3.63) is 57.2 Å². The van der Waals surface area contributed by atoms with E-state index in [1.165, 1.54) is 0 Å². The van der Waals surface area contributed by atoms with Crippen molar-refractivity contribution in [3.63, 3.8) is 0 Å². The fraction of sp³-hybridized carbons (Fsp3) is 0.407. The molecule has 0 saturated carbocycles. The molecule has 1 fully saturated rings. The first-order chi connectivity index (χ1) is 16.2. The van der Waals surface area contributed by atoms with Crippen LogP contribution >= 0.6 is 11.8 Å². The summed E-state index contributed by atoms with van der Waals surface area (Å²) in [5.74, 6) is 0.0876. The van der Waals surface area contributed by atoms with Gasteiger partial charge in [0.1, 0.15) is 5.75 Å². The highest BCUT2D eigenvalue weighted by Crippen LogP contribution is 2.39. The van der Waals surface area contributed by atoms with Gasteiger partial charge in [0, 0.05) is 22.2 Å². The first kappa shape index (κ1) is 25.0. The smallest absolute Gasteiger partial charge is 0.290 e. The van der Waals surface area contributed by atoms with Gasteiger partial charge in [-0.05, 0) is 65.7 Å². The molecule has 0 aliphatic carbocycles. The van der Waals surface area contributed by atoms with Crippen LogP contribution in [0.1, 0.15) is 69.6 Å². The Morgan fingerprint density at radius 2 is 1.66 bits per heavy atom. The fourth-order valence-corrected chi connectivity index (χ4v) is 4.66. The van der Waals surface area contributed by atoms with Gasteiger partial charge in [-0.2, -0.15) is 0 Å². The standard InChI is InChI=1S/C27H31N3O4S/c1-15-8-16(10-19-24(32)29-25(33)35-19)9-18-23(15)34-14-22(31)30(18)13-17-11-20(26(2,3)4)28-21(12-17)27(5,6)7/h8-12H,13-14H2,1-7H3,(H,29,32,33). The molecule has 3 heterocycles. The van der Waals surface area contributed by atoms with E-state index in [9.17, 15) is 14.4 Å². The van der Waals surface area contributed by atoms with Crippen LogP contribution in [-0.2, 0) is 27.0 Å². The molecule has 0 bridgehead atoms. The van der Waals surface area contributed by atoms with Gasteiger partial charge in [0.05, 0.1) is 17.1 Å². The molecule has 8 heteroatoms. The first-order valence-electron chi connectivity index (χ1n) is 11.6. The molecular weight excluding hydrogens is 462 g/mol. The van der Waals surface area contributed by atoms with Crippen LogP contribution in [0, 0.1) is 6.92 Å². The van der Waals surface area contributed by atoms with Crippen molar-refractivity contribution >= 4 is 40.6 Å². The topological polar surface area (TPSA) is 88.6 Å². The number of nitrogens with zero attached hydrogens (tertiary/aromatic N) is 2. The van der Waals surface area contributed by atoms with E-state index in [4.69, 9.17) is 9.72 Å². The van der Waals surface area contributed by atoms with Crippen LogP contribution in [0.3, 0.4) is 0 Å². The zero-order valence-corrected chi connectivity index (χ0v) is 22.1. The number of hydrogen-bond donors (Lipinski definition) is 1. The van der Waals surface area contributed by atoms with E-state index < -0.39 is 11.1 Å². The molecule has 1 N–H and O–H groups in total. The Hall–Kier alpha value is -3.13. The molecule has 2 aromatic rings. The molecule has 2 aliphatic heterocycles. The van der Waals surface area contributed by atoms with Gasteiger partial charge in [0.15, 0.2) is 6.61 Å². The highest BCUT2D eigenvalue weighted by molar-refractivity contribution is 8.18. The SMILES string of the molecule is Cc1cc(C=C2SC(=O)NC2=O)cc2c1OCC(=O)N2Cc1cc(C(C)(C)C)nc(C(C)(C)C)c1. The molecule has 2 aliphatic rings. The minimum atomic E-state index is -0.416. The first-order valence-corrected chi connectivity index (χ1v) is 12.4. The van der Waals surface area contributed by atoms with Crippen LogP contribution < -0.4 is 15.0 Å². The Balaban J connectivity index is 1.77. The van der Waals surface area contributed by atoms with Crippen LogP contribution in [0.25, 0.3) is 6.08 Å². The van der Waals surface area contributed by atoms with Crippen LogP contribution in [0.2, 0.25) is 0 Å². The Labute approximate surface area is 210 Å². The maximum atomic E-state index is 13.0. The van der Waals surface area contributed by atoms with Crippen molar-refractivity contribution in [3.8, 4) is 5.75 Å². The summed E-state index contributed by atoms with van der Waals surface area (Å²) < 4.78 is 5.79. The highest BCUT2D eigenvalue weighted by Gasteiger charge is 2.30. The number of ether oxygens (including phenoxy) is 1. The minimum Gasteiger partial charge on any atom is -0.481 e. The Kier molecular flexibility index (Phi) is 6.30. The van der Waals surface area contributed by atoms with Gasteiger partial charge >= 0.3 is 0 Å². The lowest BCUT2D eigenvalue weighted by Crippen LogP contribution is -2.38. The van der Waals surface area contributed by atoms with Crippen molar-refractivity contribution < 1.29 is 19.1 Å². The van der Waals surface area contributed by atoms with E-state index in [0.717, 1.165) is 39.8 Å². The lowest BCUT2D eigenvalue weighted by atomic mass is 9.86. The summed E-state index contributed by atoms with van der Waals surface area (Å²) in [5, 5.41) is 1.88. The predicted molar refractivity (Wildman–Crippen MR) is 139 cm³/mol. The third kappa shape index (κ3) is 5.27. The summed E-state index contributed by atoms with van der Waals surface area (Å²) >= 11 is 0.866. The van der Waals surface area contributed by atoms with E-state index in [1.807, 2.05) is 19.1 Å². The number of carbonyl (C=O) groups is 3. The predicted octanol–water partition coefficient (Wildman–Crippen LogP) is 5.23. The molecule has 184 valence electrons. The van der Waals surface area contributed by atoms with Crippen molar-refractivity contribution in [1.82, 2.24) is 10.3 Å². The third-order valence-electron chi connectivity index (χ3n) is 5.91. The summed E-state index contributed by atoms with van der Waals surface area (Å²) in [6.45, 7) is 15.0. The molecule has 3 amide bonds. The van der Waals surface area contributed by atoms with E-state index in [0.29, 0.717) is 22.9 Å². The van der Waals surface area contributed by atoms with Gasteiger partial charge in [0.2, 0.25) is 0 Å². The van der Waals surface area contributed by atoms with E-state index in [-0.39, 0.29) is 23.3 Å². The number of pyridine rings is 1. The Morgan fingerprint density at radius 3 is 2.20 bits per heavy atom. The molecule has 1 aromatic heterocycles. The largest absolute Gasteiger partial charge is 0.481 e. The number of aryl methyl sites for hydroxylation is 1. The average molecular weight is 494 g/mol. The normalized spacial score (nSPS) is 17.5. The van der Waals surface area contributed by atoms with Gasteiger partial charge in [0.25, 0.3) is 17.1 Å². The quantitative estimate of drug-likeness (QED) is 0.589. The lowest BCUT2D eigenvalue weighted by molar-refractivity contribution is -0.121. The number of anilines is 1. The van der Waals surface area contributed by atoms with Gasteiger partial charge < -0.3 is 9.64 Å². The summed E-state index contributed by atoms with van der Waals surface area (Å²) in [7, 11) is 0. The maximum Gasteiger partial charge on any atom is 0.290 e. The molecule has 1 saturated heterocycles. The van der Waals surface area contributed by atoms with Gasteiger partial charge in [-0.1, -0.05) is 41.5 Å². The zero-order chi connectivity index (χ0) is 25.7. The van der Waals surface area contributed by atoms with Crippen LogP contribution in [-0.4, -0.2) is 28.6 Å². The number of fused-ring (bicyclic) bond motifs is 1. The zero-order valence-electron chi connectivity index (χ0n) is 21.2. The van der Waals surface area contributed by atoms with Gasteiger partial charge in [-0.3, -0.25) is 24.7 Å². The molecule has 4 rings (SSSR count). The monoisotopic (exact) mass is 493 g/mol. The minimum absolute atomic E-state index is 0.0373. The summed E-state index contributed by atoms with van der Waals surface area (Å²) in [6.07, 6.45) is 1.66. The summed E-state index contributed by atoms with van der Waals surface area (Å²) in [4.78, 5) is 43.6. The van der Waals surface area contributed by atoms with Crippen molar-refractivity contribution in [2.75, 3.05) is 11.5 Å². The Bertz CT molecular complexity index is 1240. The van der Waals surface area contributed by atoms with Crippen molar-refractivity contribution in [2.45, 2.75) is 65.8 Å². The molecule has 0 radical (unpaired) electrons. The number of aromatic nitrogens is 1. The molecule has 35 heavy (non-hydrogen) atoms. The van der Waals surface area contributed by atoms with Gasteiger partial charge in [-0.25, -0.2) is 0 Å². The van der Waals surface area contributed by atoms with Crippen molar-refractivity contribution in [1.29, 1.82) is 0 Å². The number of rotatable bonds is 3. The van der Waals surface area contributed by atoms with Crippen LogP contribution in [0.4, 0.5) is 10.5 Å². The van der Waals surface area contributed by atoms with E-state index >= 15 is 0 Å². The maximum absolute atomic E-state index is 13.0. The summed E-state index contributed by atoms with van der Waals surface area (Å²) in [5.41, 5.74) is 4.88. The second-order valence-corrected chi connectivity index (χ2v) is 12.1. The lowest BCUT2D eigenvalue weighted by Gasteiger charge is -2.32. The number of amides is 3. The molecule has 7 nitrogen and oxygen atoms in total. The van der Waals surface area contributed by atoms with Crippen LogP contribution in [0.15, 0.2) is 29.2 Å². The number of thioether (sulfide) groups is 1. The number of nitrogens with one attached hydrogen (secondary N) is 1. The molecule has 0 atom stereocenters. The summed E-state index contributed by atoms with van der Waals surface area (Å²) in [6, 6.07) is 7.86. The van der Waals surface area contributed by atoms with E-state index in [1.54, 1.807) is 11.0 Å². The molecular formula is C27H31N3O4S. The number of carbonyl (C=O) groups excluding carboxylic acids is 3.